The van der Waals surface area contributed by atoms with Crippen LogP contribution in [0.1, 0.15) is 0 Å². The number of para-hydroxylation sites is 2. The Balaban J connectivity index is 1.97. The summed E-state index contributed by atoms with van der Waals surface area (Å²) in [5, 5.41) is 0.402. The third-order valence-electron chi connectivity index (χ3n) is 3.25. The maximum absolute atomic E-state index is 12.5. The van der Waals surface area contributed by atoms with Gasteiger partial charge in [-0.3, -0.25) is 4.72 Å². The van der Waals surface area contributed by atoms with Crippen LogP contribution in [-0.2, 0) is 10.0 Å². The molecule has 0 atom stereocenters. The summed E-state index contributed by atoms with van der Waals surface area (Å²) in [7, 11) is -4.07. The molecule has 3 rings (SSSR count). The second kappa shape index (κ2) is 6.52. The molecule has 0 unspecified atom stereocenters. The minimum atomic E-state index is -4.07. The fourth-order valence-corrected chi connectivity index (χ4v) is 3.28. The Morgan fingerprint density at radius 2 is 1.80 bits per heavy atom. The van der Waals surface area contributed by atoms with Gasteiger partial charge in [0, 0.05) is 11.5 Å². The molecule has 1 aromatic heterocycles. The minimum Gasteiger partial charge on any atom is -0.433 e. The van der Waals surface area contributed by atoms with Gasteiger partial charge < -0.3 is 9.15 Å². The van der Waals surface area contributed by atoms with Crippen molar-refractivity contribution >= 4 is 26.7 Å². The first kappa shape index (κ1) is 16.9. The van der Waals surface area contributed by atoms with Crippen LogP contribution in [0.15, 0.2) is 68.7 Å². The molecule has 1 heterocycles. The van der Waals surface area contributed by atoms with Crippen molar-refractivity contribution in [3.63, 3.8) is 0 Å². The molecule has 0 bridgehead atoms. The van der Waals surface area contributed by atoms with E-state index in [4.69, 9.17) is 4.42 Å². The van der Waals surface area contributed by atoms with Crippen molar-refractivity contribution in [3.8, 4) is 5.75 Å². The number of ether oxygens (including phenoxy) is 1. The van der Waals surface area contributed by atoms with E-state index in [1.54, 1.807) is 0 Å². The van der Waals surface area contributed by atoms with Crippen molar-refractivity contribution in [2.45, 2.75) is 11.5 Å². The van der Waals surface area contributed by atoms with Crippen molar-refractivity contribution < 1.29 is 26.4 Å². The average molecular weight is 367 g/mol. The molecule has 9 heteroatoms. The van der Waals surface area contributed by atoms with Crippen LogP contribution in [0, 0.1) is 0 Å². The van der Waals surface area contributed by atoms with Crippen LogP contribution in [0.25, 0.3) is 11.0 Å². The zero-order valence-electron chi connectivity index (χ0n) is 12.5. The summed E-state index contributed by atoms with van der Waals surface area (Å²) >= 11 is 0. The van der Waals surface area contributed by atoms with Crippen LogP contribution in [-0.4, -0.2) is 15.0 Å². The minimum absolute atomic E-state index is 0.123. The van der Waals surface area contributed by atoms with Gasteiger partial charge in [-0.1, -0.05) is 12.1 Å². The molecule has 0 fully saturated rings. The number of hydrogen-bond acceptors (Lipinski definition) is 5. The van der Waals surface area contributed by atoms with Crippen molar-refractivity contribution in [2.24, 2.45) is 0 Å². The molecule has 0 radical (unpaired) electrons. The van der Waals surface area contributed by atoms with Crippen LogP contribution in [0.4, 0.5) is 14.5 Å². The smallest absolute Gasteiger partial charge is 0.387 e. The van der Waals surface area contributed by atoms with Gasteiger partial charge in [0.2, 0.25) is 0 Å². The van der Waals surface area contributed by atoms with Crippen molar-refractivity contribution in [2.75, 3.05) is 4.72 Å². The second-order valence-corrected chi connectivity index (χ2v) is 6.62. The topological polar surface area (TPSA) is 85.6 Å². The molecule has 0 saturated heterocycles. The van der Waals surface area contributed by atoms with Crippen LogP contribution in [0.3, 0.4) is 0 Å². The van der Waals surface area contributed by atoms with Gasteiger partial charge in [-0.05, 0) is 36.4 Å². The van der Waals surface area contributed by atoms with Gasteiger partial charge in [-0.15, -0.1) is 0 Å². The van der Waals surface area contributed by atoms with Crippen LogP contribution < -0.4 is 15.1 Å². The summed E-state index contributed by atoms with van der Waals surface area (Å²) in [6.45, 7) is -3.09. The fraction of sp³-hybridized carbons (Fsp3) is 0.0625. The highest BCUT2D eigenvalue weighted by Crippen LogP contribution is 2.28. The number of alkyl halides is 2. The lowest BCUT2D eigenvalue weighted by atomic mass is 10.2. The molecule has 0 saturated carbocycles. The van der Waals surface area contributed by atoms with E-state index in [9.17, 15) is 22.0 Å². The Bertz CT molecular complexity index is 1080. The second-order valence-electron chi connectivity index (χ2n) is 4.93. The molecule has 130 valence electrons. The number of benzene rings is 2. The van der Waals surface area contributed by atoms with E-state index in [2.05, 4.69) is 9.46 Å². The summed E-state index contributed by atoms with van der Waals surface area (Å²) in [6, 6.07) is 11.9. The molecular formula is C16H11F2NO5S. The summed E-state index contributed by atoms with van der Waals surface area (Å²) in [5.74, 6) is -0.298. The molecule has 0 aliphatic heterocycles. The third kappa shape index (κ3) is 3.77. The van der Waals surface area contributed by atoms with Gasteiger partial charge >= 0.3 is 12.2 Å². The first-order valence-electron chi connectivity index (χ1n) is 6.96. The number of hydrogen-bond donors (Lipinski definition) is 1. The van der Waals surface area contributed by atoms with Crippen molar-refractivity contribution in [1.82, 2.24) is 0 Å². The van der Waals surface area contributed by atoms with Crippen molar-refractivity contribution in [1.29, 1.82) is 0 Å². The lowest BCUT2D eigenvalue weighted by Crippen LogP contribution is -2.14. The Kier molecular flexibility index (Phi) is 4.41. The highest BCUT2D eigenvalue weighted by Gasteiger charge is 2.18. The number of fused-ring (bicyclic) bond motifs is 1. The molecule has 25 heavy (non-hydrogen) atoms. The van der Waals surface area contributed by atoms with Gasteiger partial charge in [-0.2, -0.15) is 8.78 Å². The maximum Gasteiger partial charge on any atom is 0.387 e. The van der Waals surface area contributed by atoms with Crippen molar-refractivity contribution in [3.05, 3.63) is 65.0 Å². The zero-order chi connectivity index (χ0) is 18.0. The van der Waals surface area contributed by atoms with Gasteiger partial charge in [0.1, 0.15) is 11.3 Å². The first-order chi connectivity index (χ1) is 11.8. The molecule has 0 amide bonds. The largest absolute Gasteiger partial charge is 0.433 e. The molecule has 0 aliphatic carbocycles. The third-order valence-corrected chi connectivity index (χ3v) is 4.61. The van der Waals surface area contributed by atoms with E-state index < -0.39 is 22.3 Å². The molecule has 3 aromatic rings. The van der Waals surface area contributed by atoms with Crippen LogP contribution in [0.2, 0.25) is 0 Å². The predicted octanol–water partition coefficient (Wildman–Crippen LogP) is 3.20. The zero-order valence-corrected chi connectivity index (χ0v) is 13.3. The van der Waals surface area contributed by atoms with E-state index in [1.165, 1.54) is 48.5 Å². The average Bonchev–Trinajstić information content (AvgIpc) is 2.55. The molecule has 0 aliphatic rings. The summed E-state index contributed by atoms with van der Waals surface area (Å²) in [6.07, 6.45) is 0. The summed E-state index contributed by atoms with van der Waals surface area (Å²) in [4.78, 5) is 11.0. The quantitative estimate of drug-likeness (QED) is 0.700. The maximum atomic E-state index is 12.5. The Labute approximate surface area is 140 Å². The summed E-state index contributed by atoms with van der Waals surface area (Å²) < 4.78 is 61.3. The number of rotatable bonds is 5. The van der Waals surface area contributed by atoms with Gasteiger partial charge in [0.05, 0.1) is 10.6 Å². The predicted molar refractivity (Wildman–Crippen MR) is 86.4 cm³/mol. The van der Waals surface area contributed by atoms with Gasteiger partial charge in [0.25, 0.3) is 10.0 Å². The van der Waals surface area contributed by atoms with Crippen LogP contribution in [0.5, 0.6) is 5.75 Å². The van der Waals surface area contributed by atoms with Gasteiger partial charge in [-0.25, -0.2) is 13.2 Å². The van der Waals surface area contributed by atoms with E-state index >= 15 is 0 Å². The number of nitrogens with one attached hydrogen (secondary N) is 1. The molecule has 2 aromatic carbocycles. The SMILES string of the molecule is O=c1ccc2cc(S(=O)(=O)Nc3ccccc3OC(F)F)ccc2o1. The normalized spacial score (nSPS) is 11.6. The standard InChI is InChI=1S/C16H11F2NO5S/c17-16(18)24-14-4-2-1-3-12(14)19-25(21,22)11-6-7-13-10(9-11)5-8-15(20)23-13/h1-9,16,19H. The molecule has 6 nitrogen and oxygen atoms in total. The fourth-order valence-electron chi connectivity index (χ4n) is 2.17. The number of halogens is 2. The highest BCUT2D eigenvalue weighted by molar-refractivity contribution is 7.92. The lowest BCUT2D eigenvalue weighted by molar-refractivity contribution is -0.0493. The number of sulfonamides is 1. The van der Waals surface area contributed by atoms with E-state index in [-0.39, 0.29) is 21.9 Å². The molecule has 0 spiro atoms. The van der Waals surface area contributed by atoms with Gasteiger partial charge in [0.15, 0.2) is 0 Å². The Morgan fingerprint density at radius 1 is 1.04 bits per heavy atom. The lowest BCUT2D eigenvalue weighted by Gasteiger charge is -2.13. The highest BCUT2D eigenvalue weighted by atomic mass is 32.2. The van der Waals surface area contributed by atoms with Crippen LogP contribution >= 0.6 is 0 Å². The van der Waals surface area contributed by atoms with E-state index in [0.717, 1.165) is 6.07 Å². The Hall–Kier alpha value is -2.94. The first-order valence-corrected chi connectivity index (χ1v) is 8.44. The molecular weight excluding hydrogens is 356 g/mol. The summed E-state index contributed by atoms with van der Waals surface area (Å²) in [5.41, 5.74) is -0.449. The molecule has 1 N–H and O–H groups in total. The number of anilines is 1. The Morgan fingerprint density at radius 3 is 2.56 bits per heavy atom. The monoisotopic (exact) mass is 367 g/mol. The van der Waals surface area contributed by atoms with E-state index in [1.807, 2.05) is 0 Å². The van der Waals surface area contributed by atoms with E-state index in [0.29, 0.717) is 5.39 Å².